The Morgan fingerprint density at radius 3 is 2.33 bits per heavy atom. The molecule has 1 aliphatic carbocycles. The minimum Gasteiger partial charge on any atom is -0.369 e. The summed E-state index contributed by atoms with van der Waals surface area (Å²) in [7, 11) is 0. The molecule has 0 bridgehead atoms. The molecule has 2 aromatic rings. The number of benzene rings is 1. The zero-order chi connectivity index (χ0) is 22.5. The molecule has 0 spiro atoms. The van der Waals surface area contributed by atoms with Gasteiger partial charge in [-0.3, -0.25) is 14.6 Å². The molecule has 2 atom stereocenters. The summed E-state index contributed by atoms with van der Waals surface area (Å²) in [5, 5.41) is 0. The maximum absolute atomic E-state index is 14.8. The van der Waals surface area contributed by atoms with Crippen LogP contribution in [0.25, 0.3) is 0 Å². The molecule has 1 fully saturated rings. The van der Waals surface area contributed by atoms with Crippen molar-refractivity contribution in [3.63, 3.8) is 0 Å². The molecule has 1 aromatic carbocycles. The van der Waals surface area contributed by atoms with E-state index in [1.807, 2.05) is 20.8 Å². The van der Waals surface area contributed by atoms with Crippen LogP contribution in [0.4, 0.5) is 17.6 Å². The number of primary amides is 1. The third-order valence-corrected chi connectivity index (χ3v) is 5.62. The molecule has 2 N–H and O–H groups in total. The van der Waals surface area contributed by atoms with Crippen molar-refractivity contribution in [2.45, 2.75) is 50.6 Å². The number of rotatable bonds is 5. The van der Waals surface area contributed by atoms with Gasteiger partial charge in [0.15, 0.2) is 5.78 Å². The topological polar surface area (TPSA) is 73.1 Å². The van der Waals surface area contributed by atoms with Crippen LogP contribution in [-0.2, 0) is 21.8 Å². The third kappa shape index (κ3) is 3.95. The Hall–Kier alpha value is -2.77. The van der Waals surface area contributed by atoms with Crippen molar-refractivity contribution in [2.24, 2.45) is 11.7 Å². The molecule has 1 amide bonds. The lowest BCUT2D eigenvalue weighted by Crippen LogP contribution is -2.26. The van der Waals surface area contributed by atoms with Crippen LogP contribution in [0.1, 0.15) is 60.8 Å². The van der Waals surface area contributed by atoms with E-state index in [-0.39, 0.29) is 6.42 Å². The minimum atomic E-state index is -4.75. The van der Waals surface area contributed by atoms with Gasteiger partial charge < -0.3 is 5.73 Å². The fourth-order valence-electron chi connectivity index (χ4n) is 3.95. The van der Waals surface area contributed by atoms with Crippen molar-refractivity contribution in [1.82, 2.24) is 4.98 Å². The summed E-state index contributed by atoms with van der Waals surface area (Å²) in [6.45, 7) is 5.52. The summed E-state index contributed by atoms with van der Waals surface area (Å²) in [4.78, 5) is 28.3. The molecule has 3 rings (SSSR count). The Balaban J connectivity index is 2.01. The number of carbonyl (C=O) groups is 2. The Labute approximate surface area is 171 Å². The number of carbonyl (C=O) groups excluding carboxylic acids is 2. The largest absolute Gasteiger partial charge is 0.418 e. The standard InChI is InChI=1S/C22H22F4N2O2/c1-20(2,3)13-7-6-12(9-16(13)23)21(10-15(21)19(27)30)11-17(29)18-14(22(24,25)26)5-4-8-28-18/h4-9,15H,10-11H2,1-3H3,(H2,27,30). The lowest BCUT2D eigenvalue weighted by Gasteiger charge is -2.23. The molecule has 1 saturated carbocycles. The van der Waals surface area contributed by atoms with Crippen molar-refractivity contribution < 1.29 is 27.2 Å². The zero-order valence-electron chi connectivity index (χ0n) is 16.8. The third-order valence-electron chi connectivity index (χ3n) is 5.62. The van der Waals surface area contributed by atoms with Crippen LogP contribution >= 0.6 is 0 Å². The highest BCUT2D eigenvalue weighted by molar-refractivity contribution is 5.98. The van der Waals surface area contributed by atoms with Crippen LogP contribution in [0.3, 0.4) is 0 Å². The number of ketones is 1. The predicted octanol–water partition coefficient (Wildman–Crippen LogP) is 4.55. The number of halogens is 4. The highest BCUT2D eigenvalue weighted by Crippen LogP contribution is 2.57. The lowest BCUT2D eigenvalue weighted by atomic mass is 9.82. The number of aromatic nitrogens is 1. The number of Topliss-reactive ketones (excluding diaryl/α,β-unsaturated/α-hetero) is 1. The first-order valence-electron chi connectivity index (χ1n) is 9.42. The fourth-order valence-corrected chi connectivity index (χ4v) is 3.95. The first kappa shape index (κ1) is 21.9. The van der Waals surface area contributed by atoms with Crippen LogP contribution < -0.4 is 5.73 Å². The fraction of sp³-hybridized carbons (Fsp3) is 0.409. The Morgan fingerprint density at radius 1 is 1.17 bits per heavy atom. The first-order valence-corrected chi connectivity index (χ1v) is 9.42. The van der Waals surface area contributed by atoms with Crippen LogP contribution in [0.15, 0.2) is 36.5 Å². The van der Waals surface area contributed by atoms with Gasteiger partial charge in [0.05, 0.1) is 5.56 Å². The predicted molar refractivity (Wildman–Crippen MR) is 102 cm³/mol. The van der Waals surface area contributed by atoms with Crippen LogP contribution in [0.5, 0.6) is 0 Å². The number of pyridine rings is 1. The van der Waals surface area contributed by atoms with E-state index in [4.69, 9.17) is 5.73 Å². The van der Waals surface area contributed by atoms with E-state index < -0.39 is 58.1 Å². The van der Waals surface area contributed by atoms with E-state index in [1.165, 1.54) is 6.07 Å². The van der Waals surface area contributed by atoms with Crippen molar-refractivity contribution in [3.8, 4) is 0 Å². The minimum absolute atomic E-state index is 0.163. The van der Waals surface area contributed by atoms with E-state index in [2.05, 4.69) is 4.98 Å². The quantitative estimate of drug-likeness (QED) is 0.567. The molecule has 1 aliphatic rings. The van der Waals surface area contributed by atoms with Gasteiger partial charge in [0.1, 0.15) is 11.5 Å². The van der Waals surface area contributed by atoms with E-state index in [0.717, 1.165) is 18.3 Å². The van der Waals surface area contributed by atoms with Crippen LogP contribution in [-0.4, -0.2) is 16.7 Å². The van der Waals surface area contributed by atoms with Gasteiger partial charge in [0, 0.05) is 24.0 Å². The van der Waals surface area contributed by atoms with Crippen LogP contribution in [0, 0.1) is 11.7 Å². The maximum atomic E-state index is 14.8. The molecule has 1 heterocycles. The van der Waals surface area contributed by atoms with Gasteiger partial charge in [-0.1, -0.05) is 32.9 Å². The summed E-state index contributed by atoms with van der Waals surface area (Å²) in [6, 6.07) is 6.32. The molecule has 0 aliphatic heterocycles. The number of hydrogen-bond acceptors (Lipinski definition) is 3. The van der Waals surface area contributed by atoms with Gasteiger partial charge in [-0.2, -0.15) is 13.2 Å². The zero-order valence-corrected chi connectivity index (χ0v) is 16.8. The van der Waals surface area contributed by atoms with Gasteiger partial charge in [-0.25, -0.2) is 4.39 Å². The molecule has 0 radical (unpaired) electrons. The summed E-state index contributed by atoms with van der Waals surface area (Å²) in [5.74, 6) is -2.82. The van der Waals surface area contributed by atoms with Gasteiger partial charge in [0.2, 0.25) is 5.91 Å². The Morgan fingerprint density at radius 2 is 1.83 bits per heavy atom. The van der Waals surface area contributed by atoms with Gasteiger partial charge in [0.25, 0.3) is 0 Å². The summed E-state index contributed by atoms with van der Waals surface area (Å²) >= 11 is 0. The maximum Gasteiger partial charge on any atom is 0.418 e. The summed E-state index contributed by atoms with van der Waals surface area (Å²) in [5.41, 5.74) is 2.78. The SMILES string of the molecule is CC(C)(C)c1ccc(C2(CC(=O)c3ncccc3C(F)(F)F)CC2C(N)=O)cc1F. The van der Waals surface area contributed by atoms with Crippen molar-refractivity contribution in [1.29, 1.82) is 0 Å². The number of alkyl halides is 3. The van der Waals surface area contributed by atoms with E-state index in [1.54, 1.807) is 12.1 Å². The van der Waals surface area contributed by atoms with Crippen molar-refractivity contribution in [2.75, 3.05) is 0 Å². The number of amides is 1. The van der Waals surface area contributed by atoms with Gasteiger partial charge >= 0.3 is 6.18 Å². The molecule has 0 saturated heterocycles. The Kier molecular flexibility index (Phi) is 5.25. The second kappa shape index (κ2) is 7.18. The average Bonchev–Trinajstić information content (AvgIpc) is 3.35. The number of hydrogen-bond donors (Lipinski definition) is 1. The van der Waals surface area contributed by atoms with E-state index in [9.17, 15) is 27.2 Å². The highest BCUT2D eigenvalue weighted by atomic mass is 19.4. The number of nitrogens with two attached hydrogens (primary N) is 1. The molecule has 4 nitrogen and oxygen atoms in total. The highest BCUT2D eigenvalue weighted by Gasteiger charge is 2.59. The molecular weight excluding hydrogens is 400 g/mol. The molecule has 8 heteroatoms. The molecule has 30 heavy (non-hydrogen) atoms. The molecule has 160 valence electrons. The second-order valence-corrected chi connectivity index (χ2v) is 8.76. The summed E-state index contributed by atoms with van der Waals surface area (Å²) < 4.78 is 54.6. The lowest BCUT2D eigenvalue weighted by molar-refractivity contribution is -0.138. The normalized spacial score (nSPS) is 21.4. The molecule has 1 aromatic heterocycles. The van der Waals surface area contributed by atoms with Gasteiger partial charge in [-0.05, 0) is 41.2 Å². The van der Waals surface area contributed by atoms with Crippen molar-refractivity contribution in [3.05, 3.63) is 64.7 Å². The van der Waals surface area contributed by atoms with Crippen molar-refractivity contribution >= 4 is 11.7 Å². The van der Waals surface area contributed by atoms with E-state index >= 15 is 0 Å². The Bertz CT molecular complexity index is 1010. The van der Waals surface area contributed by atoms with Crippen LogP contribution in [0.2, 0.25) is 0 Å². The van der Waals surface area contributed by atoms with E-state index in [0.29, 0.717) is 11.1 Å². The monoisotopic (exact) mass is 422 g/mol. The average molecular weight is 422 g/mol. The molecular formula is C22H22F4N2O2. The molecule has 2 unspecified atom stereocenters. The summed E-state index contributed by atoms with van der Waals surface area (Å²) in [6.07, 6.45) is -3.91. The van der Waals surface area contributed by atoms with Gasteiger partial charge in [-0.15, -0.1) is 0 Å². The number of nitrogens with zero attached hydrogens (tertiary/aromatic N) is 1. The second-order valence-electron chi connectivity index (χ2n) is 8.76. The smallest absolute Gasteiger partial charge is 0.369 e. The first-order chi connectivity index (χ1) is 13.8.